The van der Waals surface area contributed by atoms with Crippen molar-refractivity contribution in [2.45, 2.75) is 36.9 Å². The van der Waals surface area contributed by atoms with Crippen LogP contribution in [0.25, 0.3) is 0 Å². The van der Waals surface area contributed by atoms with Crippen LogP contribution in [0.1, 0.15) is 25.3 Å². The summed E-state index contributed by atoms with van der Waals surface area (Å²) in [6.07, 6.45) is 0.764. The molecule has 1 heterocycles. The summed E-state index contributed by atoms with van der Waals surface area (Å²) in [5, 5.41) is -1.85. The van der Waals surface area contributed by atoms with Crippen molar-refractivity contribution in [3.8, 4) is 0 Å². The largest absolute Gasteiger partial charge is 0.460 e. The van der Waals surface area contributed by atoms with Crippen molar-refractivity contribution in [3.63, 3.8) is 0 Å². The Balaban J connectivity index is 1.98. The first-order valence-electron chi connectivity index (χ1n) is 7.13. The van der Waals surface area contributed by atoms with Crippen molar-refractivity contribution >= 4 is 15.8 Å². The maximum absolute atomic E-state index is 13.4. The molecule has 0 bridgehead atoms. The van der Waals surface area contributed by atoms with E-state index < -0.39 is 32.1 Å². The molecule has 0 N–H and O–H groups in total. The molecule has 1 atom stereocenters. The quantitative estimate of drug-likeness (QED) is 0.771. The van der Waals surface area contributed by atoms with Crippen molar-refractivity contribution in [3.05, 3.63) is 35.6 Å². The molecule has 0 radical (unpaired) electrons. The van der Waals surface area contributed by atoms with E-state index in [1.54, 1.807) is 6.07 Å². The minimum absolute atomic E-state index is 0.214. The van der Waals surface area contributed by atoms with Gasteiger partial charge in [0.2, 0.25) is 0 Å². The van der Waals surface area contributed by atoms with E-state index in [0.29, 0.717) is 26.1 Å². The fourth-order valence-corrected chi connectivity index (χ4v) is 4.07. The van der Waals surface area contributed by atoms with Crippen LogP contribution in [0.5, 0.6) is 0 Å². The van der Waals surface area contributed by atoms with E-state index in [0.717, 1.165) is 0 Å². The molecule has 1 aliphatic rings. The number of ether oxygens (including phenoxy) is 2. The van der Waals surface area contributed by atoms with Crippen LogP contribution in [0.15, 0.2) is 24.3 Å². The van der Waals surface area contributed by atoms with Gasteiger partial charge < -0.3 is 9.47 Å². The number of esters is 1. The normalized spacial score (nSPS) is 17.9. The highest BCUT2D eigenvalue weighted by Crippen LogP contribution is 2.21. The number of rotatable bonds is 5. The zero-order valence-corrected chi connectivity index (χ0v) is 13.1. The van der Waals surface area contributed by atoms with Crippen molar-refractivity contribution in [2.75, 3.05) is 13.2 Å². The molecule has 0 aliphatic carbocycles. The minimum atomic E-state index is -3.62. The van der Waals surface area contributed by atoms with Gasteiger partial charge in [0.05, 0.1) is 5.25 Å². The van der Waals surface area contributed by atoms with Crippen LogP contribution in [0.3, 0.4) is 0 Å². The maximum Gasteiger partial charge on any atom is 0.324 e. The van der Waals surface area contributed by atoms with Crippen molar-refractivity contribution in [1.82, 2.24) is 0 Å². The van der Waals surface area contributed by atoms with E-state index in [2.05, 4.69) is 0 Å². The molecule has 0 saturated carbocycles. The first kappa shape index (κ1) is 16.9. The molecule has 1 aromatic carbocycles. The number of hydrogen-bond acceptors (Lipinski definition) is 5. The lowest BCUT2D eigenvalue weighted by Gasteiger charge is -2.24. The molecule has 5 nitrogen and oxygen atoms in total. The molecule has 22 heavy (non-hydrogen) atoms. The third kappa shape index (κ3) is 3.84. The van der Waals surface area contributed by atoms with Crippen LogP contribution in [0, 0.1) is 5.82 Å². The molecular weight excluding hydrogens is 311 g/mol. The summed E-state index contributed by atoms with van der Waals surface area (Å²) in [6, 6.07) is 5.89. The summed E-state index contributed by atoms with van der Waals surface area (Å²) in [7, 11) is -3.62. The van der Waals surface area contributed by atoms with E-state index in [1.807, 2.05) is 0 Å². The van der Waals surface area contributed by atoms with Crippen LogP contribution in [-0.4, -0.2) is 38.1 Å². The van der Waals surface area contributed by atoms with Gasteiger partial charge in [-0.2, -0.15) is 0 Å². The summed E-state index contributed by atoms with van der Waals surface area (Å²) in [5.41, 5.74) is 0.214. The van der Waals surface area contributed by atoms with Gasteiger partial charge in [-0.3, -0.25) is 4.79 Å². The van der Waals surface area contributed by atoms with E-state index in [9.17, 15) is 17.6 Å². The summed E-state index contributed by atoms with van der Waals surface area (Å²) >= 11 is 0. The molecule has 1 aromatic rings. The number of carbonyl (C=O) groups excluding carboxylic acids is 1. The van der Waals surface area contributed by atoms with E-state index in [-0.39, 0.29) is 12.2 Å². The topological polar surface area (TPSA) is 69.7 Å². The molecule has 0 spiro atoms. The number of benzene rings is 1. The van der Waals surface area contributed by atoms with Crippen LogP contribution in [-0.2, 0) is 30.7 Å². The summed E-state index contributed by atoms with van der Waals surface area (Å²) in [4.78, 5) is 12.0. The minimum Gasteiger partial charge on any atom is -0.460 e. The highest BCUT2D eigenvalue weighted by atomic mass is 32.2. The summed E-state index contributed by atoms with van der Waals surface area (Å²) in [6.45, 7) is 1.79. The van der Waals surface area contributed by atoms with Crippen LogP contribution >= 0.6 is 0 Å². The van der Waals surface area contributed by atoms with Gasteiger partial charge in [0.1, 0.15) is 12.4 Å². The first-order chi connectivity index (χ1) is 10.4. The SMILES string of the molecule is C[C@@H](C(=O)OCc1ccccc1F)S(=O)(=O)C1CCOCC1. The number of halogens is 1. The second-order valence-electron chi connectivity index (χ2n) is 5.24. The Kier molecular flexibility index (Phi) is 5.52. The van der Waals surface area contributed by atoms with Gasteiger partial charge in [0.15, 0.2) is 15.1 Å². The molecule has 0 aromatic heterocycles. The molecule has 1 aliphatic heterocycles. The van der Waals surface area contributed by atoms with Crippen LogP contribution < -0.4 is 0 Å². The molecule has 7 heteroatoms. The van der Waals surface area contributed by atoms with Gasteiger partial charge >= 0.3 is 5.97 Å². The third-order valence-corrected chi connectivity index (χ3v) is 6.36. The number of hydrogen-bond donors (Lipinski definition) is 0. The Morgan fingerprint density at radius 3 is 2.64 bits per heavy atom. The number of sulfone groups is 1. The average Bonchev–Trinajstić information content (AvgIpc) is 2.54. The predicted molar refractivity (Wildman–Crippen MR) is 78.4 cm³/mol. The lowest BCUT2D eigenvalue weighted by atomic mass is 10.2. The zero-order chi connectivity index (χ0) is 16.2. The van der Waals surface area contributed by atoms with Gasteiger partial charge in [0, 0.05) is 18.8 Å². The summed E-state index contributed by atoms with van der Waals surface area (Å²) in [5.74, 6) is -1.34. The average molecular weight is 330 g/mol. The second kappa shape index (κ2) is 7.19. The molecule has 1 saturated heterocycles. The van der Waals surface area contributed by atoms with E-state index in [1.165, 1.54) is 25.1 Å². The lowest BCUT2D eigenvalue weighted by molar-refractivity contribution is -0.144. The monoisotopic (exact) mass is 330 g/mol. The molecule has 0 unspecified atom stereocenters. The molecular formula is C15H19FO5S. The van der Waals surface area contributed by atoms with Gasteiger partial charge in [-0.25, -0.2) is 12.8 Å². The number of carbonyl (C=O) groups is 1. The Labute approximate surface area is 129 Å². The Bertz CT molecular complexity index is 623. The highest BCUT2D eigenvalue weighted by Gasteiger charge is 2.37. The van der Waals surface area contributed by atoms with Gasteiger partial charge in [-0.05, 0) is 25.8 Å². The predicted octanol–water partition coefficient (Wildman–Crippen LogP) is 1.85. The van der Waals surface area contributed by atoms with Gasteiger partial charge in [0.25, 0.3) is 0 Å². The van der Waals surface area contributed by atoms with Gasteiger partial charge in [-0.15, -0.1) is 0 Å². The highest BCUT2D eigenvalue weighted by molar-refractivity contribution is 7.93. The van der Waals surface area contributed by atoms with Crippen LogP contribution in [0.2, 0.25) is 0 Å². The van der Waals surface area contributed by atoms with E-state index in [4.69, 9.17) is 9.47 Å². The van der Waals surface area contributed by atoms with Gasteiger partial charge in [-0.1, -0.05) is 18.2 Å². The Morgan fingerprint density at radius 2 is 2.00 bits per heavy atom. The third-order valence-electron chi connectivity index (χ3n) is 3.79. The molecule has 1 fully saturated rings. The van der Waals surface area contributed by atoms with E-state index >= 15 is 0 Å². The molecule has 2 rings (SSSR count). The van der Waals surface area contributed by atoms with Crippen molar-refractivity contribution in [2.24, 2.45) is 0 Å². The Morgan fingerprint density at radius 1 is 1.36 bits per heavy atom. The van der Waals surface area contributed by atoms with Crippen LogP contribution in [0.4, 0.5) is 4.39 Å². The summed E-state index contributed by atoms with van der Waals surface area (Å²) < 4.78 is 48.3. The van der Waals surface area contributed by atoms with Crippen molar-refractivity contribution < 1.29 is 27.1 Å². The molecule has 0 amide bonds. The molecule has 122 valence electrons. The second-order valence-corrected chi connectivity index (χ2v) is 7.79. The first-order valence-corrected chi connectivity index (χ1v) is 8.74. The fourth-order valence-electron chi connectivity index (χ4n) is 2.31. The Hall–Kier alpha value is -1.47. The standard InChI is InChI=1S/C15H19FO5S/c1-11(22(18,19)13-6-8-20-9-7-13)15(17)21-10-12-4-2-3-5-14(12)16/h2-5,11,13H,6-10H2,1H3/t11-/m0/s1. The smallest absolute Gasteiger partial charge is 0.324 e. The van der Waals surface area contributed by atoms with Crippen molar-refractivity contribution in [1.29, 1.82) is 0 Å². The maximum atomic E-state index is 13.4. The zero-order valence-electron chi connectivity index (χ0n) is 12.3. The fraction of sp³-hybridized carbons (Fsp3) is 0.533. The lowest BCUT2D eigenvalue weighted by Crippen LogP contribution is -2.39.